The van der Waals surface area contributed by atoms with Crippen molar-refractivity contribution in [1.29, 1.82) is 0 Å². The molecule has 4 nitrogen and oxygen atoms in total. The Labute approximate surface area is 138 Å². The lowest BCUT2D eigenvalue weighted by Gasteiger charge is -2.32. The largest absolute Gasteiger partial charge is 0.496 e. The monoisotopic (exact) mass is 314 g/mol. The summed E-state index contributed by atoms with van der Waals surface area (Å²) < 4.78 is 11.2. The molecule has 0 radical (unpaired) electrons. The average molecular weight is 314 g/mol. The van der Waals surface area contributed by atoms with Crippen LogP contribution in [0.1, 0.15) is 43.2 Å². The van der Waals surface area contributed by atoms with Gasteiger partial charge in [0, 0.05) is 18.2 Å². The molecule has 1 atom stereocenters. The predicted octanol–water partition coefficient (Wildman–Crippen LogP) is 4.34. The molecule has 1 aliphatic heterocycles. The standard InChI is InChI=1S/C19H26N2O2/c1-13-11-16(8-9-18(13)22-4)19-20-17(15(3)23-19)12-21-10-6-5-7-14(21)2/h8-9,11,14H,5-7,10,12H2,1-4H3/t14-/m0/s1. The van der Waals surface area contributed by atoms with Crippen LogP contribution in [0.25, 0.3) is 11.5 Å². The van der Waals surface area contributed by atoms with Crippen LogP contribution < -0.4 is 4.74 Å². The Morgan fingerprint density at radius 2 is 2.13 bits per heavy atom. The molecule has 0 aliphatic carbocycles. The van der Waals surface area contributed by atoms with E-state index < -0.39 is 0 Å². The number of aromatic nitrogens is 1. The molecule has 4 heteroatoms. The molecule has 1 fully saturated rings. The van der Waals surface area contributed by atoms with Gasteiger partial charge < -0.3 is 9.15 Å². The first-order chi connectivity index (χ1) is 11.1. The molecule has 0 bridgehead atoms. The molecular formula is C19H26N2O2. The lowest BCUT2D eigenvalue weighted by molar-refractivity contribution is 0.150. The predicted molar refractivity (Wildman–Crippen MR) is 91.7 cm³/mol. The number of nitrogens with zero attached hydrogens (tertiary/aromatic N) is 2. The van der Waals surface area contributed by atoms with E-state index in [1.807, 2.05) is 26.0 Å². The molecule has 0 unspecified atom stereocenters. The van der Waals surface area contributed by atoms with Gasteiger partial charge in [-0.15, -0.1) is 0 Å². The lowest BCUT2D eigenvalue weighted by Crippen LogP contribution is -2.37. The third-order valence-corrected chi connectivity index (χ3v) is 4.83. The van der Waals surface area contributed by atoms with E-state index >= 15 is 0 Å². The number of hydrogen-bond donors (Lipinski definition) is 0. The van der Waals surface area contributed by atoms with Gasteiger partial charge in [0.05, 0.1) is 12.8 Å². The van der Waals surface area contributed by atoms with Crippen molar-refractivity contribution >= 4 is 0 Å². The summed E-state index contributed by atoms with van der Waals surface area (Å²) in [4.78, 5) is 7.27. The van der Waals surface area contributed by atoms with Gasteiger partial charge in [-0.2, -0.15) is 0 Å². The highest BCUT2D eigenvalue weighted by molar-refractivity contribution is 5.57. The number of hydrogen-bond acceptors (Lipinski definition) is 4. The first kappa shape index (κ1) is 16.1. The van der Waals surface area contributed by atoms with Crippen LogP contribution in [0.5, 0.6) is 5.75 Å². The first-order valence-electron chi connectivity index (χ1n) is 8.44. The third-order valence-electron chi connectivity index (χ3n) is 4.83. The van der Waals surface area contributed by atoms with E-state index in [0.29, 0.717) is 11.9 Å². The minimum absolute atomic E-state index is 0.631. The highest BCUT2D eigenvalue weighted by atomic mass is 16.5. The third kappa shape index (κ3) is 3.42. The molecule has 0 amide bonds. The smallest absolute Gasteiger partial charge is 0.226 e. The molecule has 23 heavy (non-hydrogen) atoms. The van der Waals surface area contributed by atoms with Crippen LogP contribution in [0.15, 0.2) is 22.6 Å². The van der Waals surface area contributed by atoms with Crippen molar-refractivity contribution in [3.05, 3.63) is 35.2 Å². The summed E-state index contributed by atoms with van der Waals surface area (Å²) in [5, 5.41) is 0. The van der Waals surface area contributed by atoms with Crippen LogP contribution in [0.2, 0.25) is 0 Å². The van der Waals surface area contributed by atoms with Gasteiger partial charge in [0.1, 0.15) is 11.5 Å². The van der Waals surface area contributed by atoms with Crippen LogP contribution in [0.4, 0.5) is 0 Å². The van der Waals surface area contributed by atoms with Crippen LogP contribution in [0, 0.1) is 13.8 Å². The van der Waals surface area contributed by atoms with Crippen molar-refractivity contribution in [1.82, 2.24) is 9.88 Å². The second-order valence-electron chi connectivity index (χ2n) is 6.52. The molecule has 0 N–H and O–H groups in total. The molecule has 1 aromatic carbocycles. The summed E-state index contributed by atoms with van der Waals surface area (Å²) in [6.45, 7) is 8.39. The summed E-state index contributed by atoms with van der Waals surface area (Å²) in [5.74, 6) is 2.51. The first-order valence-corrected chi connectivity index (χ1v) is 8.44. The molecule has 3 rings (SSSR count). The summed E-state index contributed by atoms with van der Waals surface area (Å²) in [5.41, 5.74) is 3.15. The number of oxazole rings is 1. The average Bonchev–Trinajstić information content (AvgIpc) is 2.90. The van der Waals surface area contributed by atoms with Gasteiger partial charge in [0.25, 0.3) is 0 Å². The Kier molecular flexibility index (Phi) is 4.71. The van der Waals surface area contributed by atoms with Crippen molar-refractivity contribution in [3.63, 3.8) is 0 Å². The second kappa shape index (κ2) is 6.75. The van der Waals surface area contributed by atoms with Gasteiger partial charge in [-0.1, -0.05) is 6.42 Å². The van der Waals surface area contributed by atoms with Gasteiger partial charge in [0.15, 0.2) is 0 Å². The maximum Gasteiger partial charge on any atom is 0.226 e. The van der Waals surface area contributed by atoms with Gasteiger partial charge in [-0.25, -0.2) is 4.98 Å². The van der Waals surface area contributed by atoms with E-state index in [1.54, 1.807) is 7.11 Å². The molecule has 0 saturated carbocycles. The SMILES string of the molecule is COc1ccc(-c2nc(CN3CCCC[C@@H]3C)c(C)o2)cc1C. The summed E-state index contributed by atoms with van der Waals surface area (Å²) in [6.07, 6.45) is 3.90. The lowest BCUT2D eigenvalue weighted by atomic mass is 10.0. The Bertz CT molecular complexity index is 678. The van der Waals surface area contributed by atoms with E-state index in [0.717, 1.165) is 41.4 Å². The normalized spacial score (nSPS) is 19.0. The topological polar surface area (TPSA) is 38.5 Å². The fraction of sp³-hybridized carbons (Fsp3) is 0.526. The van der Waals surface area contributed by atoms with Crippen molar-refractivity contribution in [2.24, 2.45) is 0 Å². The van der Waals surface area contributed by atoms with Crippen molar-refractivity contribution in [3.8, 4) is 17.2 Å². The maximum atomic E-state index is 5.93. The van der Waals surface area contributed by atoms with E-state index in [1.165, 1.54) is 19.3 Å². The van der Waals surface area contributed by atoms with Crippen molar-refractivity contribution in [2.75, 3.05) is 13.7 Å². The Morgan fingerprint density at radius 3 is 2.83 bits per heavy atom. The fourth-order valence-corrected chi connectivity index (χ4v) is 3.29. The van der Waals surface area contributed by atoms with Crippen LogP contribution in [0.3, 0.4) is 0 Å². The minimum Gasteiger partial charge on any atom is -0.496 e. The molecule has 0 spiro atoms. The van der Waals surface area contributed by atoms with Crippen LogP contribution >= 0.6 is 0 Å². The molecule has 1 aromatic heterocycles. The number of likely N-dealkylation sites (tertiary alicyclic amines) is 1. The number of ether oxygens (including phenoxy) is 1. The van der Waals surface area contributed by atoms with E-state index in [2.05, 4.69) is 17.9 Å². The van der Waals surface area contributed by atoms with Crippen molar-refractivity contribution < 1.29 is 9.15 Å². The minimum atomic E-state index is 0.631. The van der Waals surface area contributed by atoms with Gasteiger partial charge in [-0.3, -0.25) is 4.90 Å². The van der Waals surface area contributed by atoms with Gasteiger partial charge in [-0.05, 0) is 63.9 Å². The molecule has 2 aromatic rings. The number of benzene rings is 1. The van der Waals surface area contributed by atoms with Crippen LogP contribution in [-0.4, -0.2) is 29.6 Å². The molecule has 124 valence electrons. The molecular weight excluding hydrogens is 288 g/mol. The summed E-state index contributed by atoms with van der Waals surface area (Å²) >= 11 is 0. The van der Waals surface area contributed by atoms with Gasteiger partial charge in [0.2, 0.25) is 5.89 Å². The Balaban J connectivity index is 1.81. The highest BCUT2D eigenvalue weighted by Gasteiger charge is 2.21. The zero-order chi connectivity index (χ0) is 16.4. The number of aryl methyl sites for hydroxylation is 2. The summed E-state index contributed by atoms with van der Waals surface area (Å²) in [6, 6.07) is 6.67. The fourth-order valence-electron chi connectivity index (χ4n) is 3.29. The van der Waals surface area contributed by atoms with Crippen LogP contribution in [-0.2, 0) is 6.54 Å². The number of rotatable bonds is 4. The Hall–Kier alpha value is -1.81. The second-order valence-corrected chi connectivity index (χ2v) is 6.52. The Morgan fingerprint density at radius 1 is 1.30 bits per heavy atom. The van der Waals surface area contributed by atoms with E-state index in [-0.39, 0.29) is 0 Å². The highest BCUT2D eigenvalue weighted by Crippen LogP contribution is 2.28. The quantitative estimate of drug-likeness (QED) is 0.841. The van der Waals surface area contributed by atoms with E-state index in [9.17, 15) is 0 Å². The van der Waals surface area contributed by atoms with E-state index in [4.69, 9.17) is 14.1 Å². The number of methoxy groups -OCH3 is 1. The van der Waals surface area contributed by atoms with Gasteiger partial charge >= 0.3 is 0 Å². The zero-order valence-electron chi connectivity index (χ0n) is 14.6. The molecule has 2 heterocycles. The maximum absolute atomic E-state index is 5.93. The number of piperidine rings is 1. The molecule has 1 saturated heterocycles. The summed E-state index contributed by atoms with van der Waals surface area (Å²) in [7, 11) is 1.69. The zero-order valence-corrected chi connectivity index (χ0v) is 14.6. The van der Waals surface area contributed by atoms with Crippen molar-refractivity contribution in [2.45, 2.75) is 52.6 Å². The molecule has 1 aliphatic rings.